The lowest BCUT2D eigenvalue weighted by atomic mass is 10.0. The summed E-state index contributed by atoms with van der Waals surface area (Å²) in [7, 11) is 3.20. The number of nitrogens with one attached hydrogen (secondary N) is 1. The molecule has 0 saturated carbocycles. The van der Waals surface area contributed by atoms with Gasteiger partial charge in [-0.15, -0.1) is 0 Å². The highest BCUT2D eigenvalue weighted by molar-refractivity contribution is 5.88. The average Bonchev–Trinajstić information content (AvgIpc) is 3.01. The van der Waals surface area contributed by atoms with Crippen LogP contribution < -0.4 is 14.8 Å². The molecular formula is C34H36N2O4. The van der Waals surface area contributed by atoms with Crippen molar-refractivity contribution in [2.45, 2.75) is 31.8 Å². The molecule has 0 bridgehead atoms. The molecule has 4 aromatic carbocycles. The Hall–Kier alpha value is -4.58. The molecule has 0 saturated heterocycles. The van der Waals surface area contributed by atoms with E-state index < -0.39 is 6.04 Å². The number of rotatable bonds is 13. The van der Waals surface area contributed by atoms with Crippen molar-refractivity contribution in [2.24, 2.45) is 0 Å². The number of aryl methyl sites for hydroxylation is 1. The van der Waals surface area contributed by atoms with Gasteiger partial charge in [-0.25, -0.2) is 0 Å². The topological polar surface area (TPSA) is 67.9 Å². The molecule has 4 rings (SSSR count). The van der Waals surface area contributed by atoms with Crippen LogP contribution in [0.1, 0.15) is 34.7 Å². The third-order valence-electron chi connectivity index (χ3n) is 6.82. The van der Waals surface area contributed by atoms with Gasteiger partial charge in [0.1, 0.15) is 6.04 Å². The number of carbonyl (C=O) groups is 2. The minimum Gasteiger partial charge on any atom is -0.493 e. The Morgan fingerprint density at radius 2 is 1.30 bits per heavy atom. The van der Waals surface area contributed by atoms with Gasteiger partial charge in [-0.1, -0.05) is 97.1 Å². The molecule has 2 amide bonds. The summed E-state index contributed by atoms with van der Waals surface area (Å²) >= 11 is 0. The van der Waals surface area contributed by atoms with Crippen molar-refractivity contribution in [1.29, 1.82) is 0 Å². The standard InChI is InChI=1S/C34H36N2O4/c1-39-30-20-18-27(24-31(30)40-2)22-23-35-34(38)33(29-16-10-5-11-17-29)36(25-28-14-8-4-9-15-28)32(37)21-19-26-12-6-3-7-13-26/h3-18,20,24,33H,19,21-23,25H2,1-2H3,(H,35,38). The third kappa shape index (κ3) is 7.73. The third-order valence-corrected chi connectivity index (χ3v) is 6.82. The minimum absolute atomic E-state index is 0.0726. The molecule has 1 atom stereocenters. The van der Waals surface area contributed by atoms with Crippen LogP contribution in [0.2, 0.25) is 0 Å². The lowest BCUT2D eigenvalue weighted by molar-refractivity contribution is -0.141. The van der Waals surface area contributed by atoms with Crippen LogP contribution in [0, 0.1) is 0 Å². The summed E-state index contributed by atoms with van der Waals surface area (Å²) in [5.74, 6) is 1.02. The van der Waals surface area contributed by atoms with Gasteiger partial charge < -0.3 is 19.7 Å². The van der Waals surface area contributed by atoms with Crippen LogP contribution in [0.15, 0.2) is 109 Å². The number of amides is 2. The first kappa shape index (κ1) is 28.4. The fraction of sp³-hybridized carbons (Fsp3) is 0.235. The predicted molar refractivity (Wildman–Crippen MR) is 157 cm³/mol. The zero-order valence-electron chi connectivity index (χ0n) is 23.1. The zero-order valence-corrected chi connectivity index (χ0v) is 23.1. The molecule has 1 unspecified atom stereocenters. The molecule has 0 spiro atoms. The van der Waals surface area contributed by atoms with Gasteiger partial charge in [0.15, 0.2) is 11.5 Å². The molecule has 40 heavy (non-hydrogen) atoms. The van der Waals surface area contributed by atoms with Crippen LogP contribution >= 0.6 is 0 Å². The number of ether oxygens (including phenoxy) is 2. The number of hydrogen-bond donors (Lipinski definition) is 1. The van der Waals surface area contributed by atoms with E-state index in [1.165, 1.54) is 0 Å². The van der Waals surface area contributed by atoms with Crippen molar-refractivity contribution in [3.05, 3.63) is 131 Å². The lowest BCUT2D eigenvalue weighted by Crippen LogP contribution is -2.44. The first-order valence-corrected chi connectivity index (χ1v) is 13.5. The molecule has 6 heteroatoms. The highest BCUT2D eigenvalue weighted by atomic mass is 16.5. The SMILES string of the molecule is COc1ccc(CCNC(=O)C(c2ccccc2)N(Cc2ccccc2)C(=O)CCc2ccccc2)cc1OC. The van der Waals surface area contributed by atoms with Crippen LogP contribution in [0.3, 0.4) is 0 Å². The molecule has 0 fully saturated rings. The Morgan fingerprint density at radius 1 is 0.700 bits per heavy atom. The van der Waals surface area contributed by atoms with Crippen molar-refractivity contribution in [3.8, 4) is 11.5 Å². The number of carbonyl (C=O) groups excluding carboxylic acids is 2. The molecule has 0 aliphatic carbocycles. The molecule has 206 valence electrons. The quantitative estimate of drug-likeness (QED) is 0.236. The second-order valence-electron chi connectivity index (χ2n) is 9.54. The highest BCUT2D eigenvalue weighted by Crippen LogP contribution is 2.28. The summed E-state index contributed by atoms with van der Waals surface area (Å²) in [5.41, 5.74) is 3.84. The molecule has 0 radical (unpaired) electrons. The predicted octanol–water partition coefficient (Wildman–Crippen LogP) is 5.77. The van der Waals surface area contributed by atoms with Crippen molar-refractivity contribution in [3.63, 3.8) is 0 Å². The fourth-order valence-electron chi connectivity index (χ4n) is 4.71. The van der Waals surface area contributed by atoms with Gasteiger partial charge in [0.05, 0.1) is 14.2 Å². The van der Waals surface area contributed by atoms with E-state index in [4.69, 9.17) is 9.47 Å². The largest absolute Gasteiger partial charge is 0.493 e. The van der Waals surface area contributed by atoms with Gasteiger partial charge in [-0.2, -0.15) is 0 Å². The molecule has 6 nitrogen and oxygen atoms in total. The first-order chi connectivity index (χ1) is 19.6. The first-order valence-electron chi connectivity index (χ1n) is 13.5. The second kappa shape index (κ2) is 14.5. The lowest BCUT2D eigenvalue weighted by Gasteiger charge is -2.32. The van der Waals surface area contributed by atoms with Gasteiger partial charge in [0, 0.05) is 19.5 Å². The van der Waals surface area contributed by atoms with Crippen LogP contribution in [0.25, 0.3) is 0 Å². The van der Waals surface area contributed by atoms with E-state index in [2.05, 4.69) is 5.32 Å². The minimum atomic E-state index is -0.768. The van der Waals surface area contributed by atoms with E-state index in [1.807, 2.05) is 109 Å². The van der Waals surface area contributed by atoms with Crippen LogP contribution in [-0.2, 0) is 29.0 Å². The van der Waals surface area contributed by atoms with Gasteiger partial charge in [0.25, 0.3) is 0 Å². The molecule has 0 aliphatic heterocycles. The van der Waals surface area contributed by atoms with Gasteiger partial charge in [-0.05, 0) is 47.2 Å². The van der Waals surface area contributed by atoms with Gasteiger partial charge in [-0.3, -0.25) is 9.59 Å². The van der Waals surface area contributed by atoms with E-state index in [0.717, 1.165) is 22.3 Å². The Balaban J connectivity index is 1.55. The molecule has 0 heterocycles. The summed E-state index contributed by atoms with van der Waals surface area (Å²) in [6.45, 7) is 0.742. The Morgan fingerprint density at radius 3 is 1.93 bits per heavy atom. The Labute approximate surface area is 236 Å². The van der Waals surface area contributed by atoms with Gasteiger partial charge in [0.2, 0.25) is 11.8 Å². The summed E-state index contributed by atoms with van der Waals surface area (Å²) in [5, 5.41) is 3.09. The molecule has 0 aromatic heterocycles. The number of benzene rings is 4. The van der Waals surface area contributed by atoms with E-state index in [0.29, 0.717) is 43.9 Å². The maximum Gasteiger partial charge on any atom is 0.247 e. The number of hydrogen-bond acceptors (Lipinski definition) is 4. The maximum atomic E-state index is 13.8. The van der Waals surface area contributed by atoms with Crippen LogP contribution in [-0.4, -0.2) is 37.5 Å². The van der Waals surface area contributed by atoms with E-state index in [1.54, 1.807) is 19.1 Å². The highest BCUT2D eigenvalue weighted by Gasteiger charge is 2.31. The molecule has 4 aromatic rings. The van der Waals surface area contributed by atoms with E-state index in [9.17, 15) is 9.59 Å². The molecule has 0 aliphatic rings. The summed E-state index contributed by atoms with van der Waals surface area (Å²) < 4.78 is 10.7. The molecular weight excluding hydrogens is 500 g/mol. The average molecular weight is 537 g/mol. The summed E-state index contributed by atoms with van der Waals surface area (Å²) in [4.78, 5) is 29.3. The van der Waals surface area contributed by atoms with Crippen LogP contribution in [0.5, 0.6) is 11.5 Å². The van der Waals surface area contributed by atoms with Crippen molar-refractivity contribution in [1.82, 2.24) is 10.2 Å². The second-order valence-corrected chi connectivity index (χ2v) is 9.54. The van der Waals surface area contributed by atoms with Crippen LogP contribution in [0.4, 0.5) is 0 Å². The fourth-order valence-corrected chi connectivity index (χ4v) is 4.71. The smallest absolute Gasteiger partial charge is 0.247 e. The van der Waals surface area contributed by atoms with Gasteiger partial charge >= 0.3 is 0 Å². The van der Waals surface area contributed by atoms with Crippen molar-refractivity contribution >= 4 is 11.8 Å². The summed E-state index contributed by atoms with van der Waals surface area (Å²) in [6, 6.07) is 34.2. The summed E-state index contributed by atoms with van der Waals surface area (Å²) in [6.07, 6.45) is 1.51. The maximum absolute atomic E-state index is 13.8. The molecule has 1 N–H and O–H groups in total. The van der Waals surface area contributed by atoms with E-state index in [-0.39, 0.29) is 11.8 Å². The Bertz CT molecular complexity index is 1360. The number of methoxy groups -OCH3 is 2. The van der Waals surface area contributed by atoms with Crippen molar-refractivity contribution in [2.75, 3.05) is 20.8 Å². The normalized spacial score (nSPS) is 11.3. The zero-order chi connectivity index (χ0) is 28.2. The Kier molecular flexibility index (Phi) is 10.3. The monoisotopic (exact) mass is 536 g/mol. The van der Waals surface area contributed by atoms with Crippen molar-refractivity contribution < 1.29 is 19.1 Å². The van der Waals surface area contributed by atoms with E-state index >= 15 is 0 Å². The number of nitrogens with zero attached hydrogens (tertiary/aromatic N) is 1.